The minimum absolute atomic E-state index is 0.000764. The summed E-state index contributed by atoms with van der Waals surface area (Å²) in [5.41, 5.74) is 8.43. The van der Waals surface area contributed by atoms with Crippen molar-refractivity contribution in [1.29, 1.82) is 0 Å². The predicted octanol–water partition coefficient (Wildman–Crippen LogP) is 3.29. The van der Waals surface area contributed by atoms with E-state index in [0.29, 0.717) is 11.3 Å². The van der Waals surface area contributed by atoms with Crippen LogP contribution in [0.25, 0.3) is 0 Å². The summed E-state index contributed by atoms with van der Waals surface area (Å²) >= 11 is 0. The van der Waals surface area contributed by atoms with Gasteiger partial charge in [0.15, 0.2) is 0 Å². The number of hydrogen-bond donors (Lipinski definition) is 1. The van der Waals surface area contributed by atoms with Crippen LogP contribution in [0.2, 0.25) is 0 Å². The molecule has 2 N–H and O–H groups in total. The molecule has 1 aliphatic carbocycles. The van der Waals surface area contributed by atoms with E-state index in [1.165, 1.54) is 31.4 Å². The van der Waals surface area contributed by atoms with Crippen LogP contribution in [0.1, 0.15) is 58.6 Å². The summed E-state index contributed by atoms with van der Waals surface area (Å²) in [6.45, 7) is 7.03. The third-order valence-corrected chi connectivity index (χ3v) is 4.89. The zero-order valence-electron chi connectivity index (χ0n) is 12.9. The van der Waals surface area contributed by atoms with E-state index >= 15 is 0 Å². The molecule has 0 bridgehead atoms. The first-order valence-electron chi connectivity index (χ1n) is 7.59. The van der Waals surface area contributed by atoms with Gasteiger partial charge in [-0.05, 0) is 43.1 Å². The molecule has 2 unspecified atom stereocenters. The smallest absolute Gasteiger partial charge is 0.0492 e. The maximum atomic E-state index is 6.83. The molecule has 3 nitrogen and oxygen atoms in total. The lowest BCUT2D eigenvalue weighted by Crippen LogP contribution is -2.54. The fraction of sp³-hybridized carbons (Fsp3) is 0.812. The lowest BCUT2D eigenvalue weighted by atomic mass is 9.61. The Labute approximate surface area is 117 Å². The maximum Gasteiger partial charge on any atom is 0.0492 e. The predicted molar refractivity (Wildman–Crippen MR) is 79.9 cm³/mol. The fourth-order valence-electron chi connectivity index (χ4n) is 3.87. The lowest BCUT2D eigenvalue weighted by molar-refractivity contribution is 0.0728. The van der Waals surface area contributed by atoms with Gasteiger partial charge in [-0.2, -0.15) is 5.10 Å². The van der Waals surface area contributed by atoms with Gasteiger partial charge in [-0.15, -0.1) is 0 Å². The Morgan fingerprint density at radius 2 is 2.16 bits per heavy atom. The zero-order valence-corrected chi connectivity index (χ0v) is 12.9. The number of nitrogens with zero attached hydrogens (tertiary/aromatic N) is 2. The van der Waals surface area contributed by atoms with Crippen LogP contribution in [0.3, 0.4) is 0 Å². The van der Waals surface area contributed by atoms with Crippen LogP contribution in [0, 0.1) is 11.3 Å². The number of rotatable bonds is 3. The largest absolute Gasteiger partial charge is 0.325 e. The number of nitrogens with two attached hydrogens (primary N) is 1. The molecule has 1 aromatic heterocycles. The van der Waals surface area contributed by atoms with Gasteiger partial charge in [-0.1, -0.05) is 33.6 Å². The molecule has 2 rings (SSSR count). The van der Waals surface area contributed by atoms with E-state index in [1.54, 1.807) is 0 Å². The van der Waals surface area contributed by atoms with Crippen LogP contribution < -0.4 is 5.73 Å². The summed E-state index contributed by atoms with van der Waals surface area (Å²) in [5, 5.41) is 4.25. The van der Waals surface area contributed by atoms with Crippen molar-refractivity contribution in [3.05, 3.63) is 18.0 Å². The molecule has 0 radical (unpaired) electrons. The van der Waals surface area contributed by atoms with Crippen molar-refractivity contribution >= 4 is 0 Å². The lowest BCUT2D eigenvalue weighted by Gasteiger charge is -2.48. The van der Waals surface area contributed by atoms with Crippen LogP contribution in [-0.4, -0.2) is 15.3 Å². The molecule has 0 saturated heterocycles. The number of aryl methyl sites for hydroxylation is 2. The van der Waals surface area contributed by atoms with Gasteiger partial charge in [0.2, 0.25) is 0 Å². The van der Waals surface area contributed by atoms with Crippen molar-refractivity contribution in [1.82, 2.24) is 9.78 Å². The van der Waals surface area contributed by atoms with Crippen LogP contribution in [0.15, 0.2) is 12.3 Å². The normalized spacial score (nSPS) is 28.6. The first-order valence-corrected chi connectivity index (χ1v) is 7.59. The molecule has 0 amide bonds. The van der Waals surface area contributed by atoms with Gasteiger partial charge in [0.1, 0.15) is 0 Å². The summed E-state index contributed by atoms with van der Waals surface area (Å²) in [6, 6.07) is 2.11. The third kappa shape index (κ3) is 3.19. The van der Waals surface area contributed by atoms with Crippen LogP contribution in [0.4, 0.5) is 0 Å². The maximum absolute atomic E-state index is 6.83. The van der Waals surface area contributed by atoms with Gasteiger partial charge in [-0.25, -0.2) is 0 Å². The molecule has 19 heavy (non-hydrogen) atoms. The van der Waals surface area contributed by atoms with Crippen LogP contribution in [0.5, 0.6) is 0 Å². The number of hydrogen-bond acceptors (Lipinski definition) is 2. The Kier molecular flexibility index (Phi) is 4.05. The minimum atomic E-state index is 0.000764. The Morgan fingerprint density at radius 1 is 1.42 bits per heavy atom. The highest BCUT2D eigenvalue weighted by Gasteiger charge is 2.42. The molecule has 0 aromatic carbocycles. The first-order chi connectivity index (χ1) is 8.83. The van der Waals surface area contributed by atoms with Crippen molar-refractivity contribution in [2.24, 2.45) is 24.1 Å². The Balaban J connectivity index is 2.08. The van der Waals surface area contributed by atoms with Gasteiger partial charge in [0.05, 0.1) is 0 Å². The molecule has 1 fully saturated rings. The number of aromatic nitrogens is 2. The van der Waals surface area contributed by atoms with Gasteiger partial charge in [0.25, 0.3) is 0 Å². The quantitative estimate of drug-likeness (QED) is 0.909. The van der Waals surface area contributed by atoms with E-state index in [9.17, 15) is 0 Å². The average Bonchev–Trinajstić information content (AvgIpc) is 2.71. The van der Waals surface area contributed by atoms with Crippen LogP contribution in [-0.2, 0) is 13.5 Å². The molecular weight excluding hydrogens is 234 g/mol. The Morgan fingerprint density at radius 3 is 2.74 bits per heavy atom. The fourth-order valence-corrected chi connectivity index (χ4v) is 3.87. The van der Waals surface area contributed by atoms with E-state index < -0.39 is 0 Å². The monoisotopic (exact) mass is 263 g/mol. The standard InChI is InChI=1S/C16H29N3/c1-15(2,3)14-7-5-6-10-16(14,17)11-8-13-9-12-18-19(13)4/h9,12,14H,5-8,10-11,17H2,1-4H3. The van der Waals surface area contributed by atoms with Crippen molar-refractivity contribution in [2.45, 2.75) is 64.8 Å². The van der Waals surface area contributed by atoms with Crippen molar-refractivity contribution in [2.75, 3.05) is 0 Å². The average molecular weight is 263 g/mol. The summed E-state index contributed by atoms with van der Waals surface area (Å²) in [5.74, 6) is 0.627. The highest BCUT2D eigenvalue weighted by molar-refractivity contribution is 5.05. The van der Waals surface area contributed by atoms with Crippen LogP contribution >= 0.6 is 0 Å². The van der Waals surface area contributed by atoms with E-state index in [4.69, 9.17) is 5.73 Å². The first kappa shape index (κ1) is 14.6. The topological polar surface area (TPSA) is 43.8 Å². The SMILES string of the molecule is Cn1nccc1CCC1(N)CCCCC1C(C)(C)C. The Hall–Kier alpha value is -0.830. The van der Waals surface area contributed by atoms with Crippen molar-refractivity contribution in [3.63, 3.8) is 0 Å². The van der Waals surface area contributed by atoms with Gasteiger partial charge in [0, 0.05) is 24.5 Å². The molecule has 108 valence electrons. The van der Waals surface area contributed by atoms with E-state index in [-0.39, 0.29) is 5.54 Å². The molecule has 0 aliphatic heterocycles. The highest BCUT2D eigenvalue weighted by atomic mass is 15.2. The summed E-state index contributed by atoms with van der Waals surface area (Å²) in [6.07, 6.45) is 9.08. The summed E-state index contributed by atoms with van der Waals surface area (Å²) in [7, 11) is 2.01. The molecule has 0 spiro atoms. The van der Waals surface area contributed by atoms with Gasteiger partial charge >= 0.3 is 0 Å². The molecule has 3 heteroatoms. The zero-order chi connectivity index (χ0) is 14.1. The van der Waals surface area contributed by atoms with E-state index in [2.05, 4.69) is 31.9 Å². The molecular formula is C16H29N3. The Bertz CT molecular complexity index is 416. The van der Waals surface area contributed by atoms with Gasteiger partial charge in [-0.3, -0.25) is 4.68 Å². The minimum Gasteiger partial charge on any atom is -0.325 e. The van der Waals surface area contributed by atoms with Crippen molar-refractivity contribution < 1.29 is 0 Å². The van der Waals surface area contributed by atoms with E-state index in [0.717, 1.165) is 12.8 Å². The molecule has 1 aliphatic rings. The molecule has 2 atom stereocenters. The second kappa shape index (κ2) is 5.28. The third-order valence-electron chi connectivity index (χ3n) is 4.89. The highest BCUT2D eigenvalue weighted by Crippen LogP contribution is 2.44. The van der Waals surface area contributed by atoms with E-state index in [1.807, 2.05) is 17.9 Å². The molecule has 1 heterocycles. The van der Waals surface area contributed by atoms with Crippen molar-refractivity contribution in [3.8, 4) is 0 Å². The summed E-state index contributed by atoms with van der Waals surface area (Å²) < 4.78 is 1.97. The van der Waals surface area contributed by atoms with Gasteiger partial charge < -0.3 is 5.73 Å². The summed E-state index contributed by atoms with van der Waals surface area (Å²) in [4.78, 5) is 0. The second-order valence-corrected chi connectivity index (χ2v) is 7.34. The second-order valence-electron chi connectivity index (χ2n) is 7.34. The molecule has 1 aromatic rings. The molecule has 1 saturated carbocycles.